The number of hydrogen-bond acceptors (Lipinski definition) is 3. The zero-order valence-corrected chi connectivity index (χ0v) is 11.4. The molecule has 2 N–H and O–H groups in total. The van der Waals surface area contributed by atoms with Crippen molar-refractivity contribution in [3.63, 3.8) is 0 Å². The van der Waals surface area contributed by atoms with E-state index in [1.54, 1.807) is 12.1 Å². The van der Waals surface area contributed by atoms with Crippen LogP contribution in [0, 0.1) is 5.92 Å². The van der Waals surface area contributed by atoms with Gasteiger partial charge in [-0.05, 0) is 32.4 Å². The lowest BCUT2D eigenvalue weighted by atomic mass is 9.98. The van der Waals surface area contributed by atoms with Gasteiger partial charge < -0.3 is 10.2 Å². The average molecular weight is 263 g/mol. The second-order valence-electron chi connectivity index (χ2n) is 5.19. The van der Waals surface area contributed by atoms with Crippen molar-refractivity contribution in [3.8, 4) is 5.75 Å². The van der Waals surface area contributed by atoms with Crippen LogP contribution in [0.15, 0.2) is 24.3 Å². The van der Waals surface area contributed by atoms with Crippen LogP contribution in [0.4, 0.5) is 0 Å². The number of aliphatic carboxylic acids is 1. The maximum atomic E-state index is 11.2. The van der Waals surface area contributed by atoms with Gasteiger partial charge in [-0.1, -0.05) is 25.1 Å². The van der Waals surface area contributed by atoms with Crippen molar-refractivity contribution in [2.45, 2.75) is 38.8 Å². The number of phenolic OH excluding ortho intramolecular Hbond substituents is 1. The molecule has 3 unspecified atom stereocenters. The molecule has 19 heavy (non-hydrogen) atoms. The van der Waals surface area contributed by atoms with E-state index in [0.717, 1.165) is 18.5 Å². The molecular weight excluding hydrogens is 242 g/mol. The quantitative estimate of drug-likeness (QED) is 0.876. The number of likely N-dealkylation sites (tertiary alicyclic amines) is 1. The van der Waals surface area contributed by atoms with Crippen LogP contribution in [0.2, 0.25) is 0 Å². The molecule has 1 aliphatic rings. The van der Waals surface area contributed by atoms with Gasteiger partial charge in [0, 0.05) is 17.6 Å². The molecule has 0 aliphatic carbocycles. The van der Waals surface area contributed by atoms with Crippen LogP contribution < -0.4 is 0 Å². The van der Waals surface area contributed by atoms with Gasteiger partial charge in [-0.15, -0.1) is 0 Å². The summed E-state index contributed by atoms with van der Waals surface area (Å²) in [5, 5.41) is 19.2. The Hall–Kier alpha value is -1.55. The van der Waals surface area contributed by atoms with Crippen LogP contribution >= 0.6 is 0 Å². The zero-order chi connectivity index (χ0) is 14.0. The fourth-order valence-corrected chi connectivity index (χ4v) is 3.14. The molecule has 4 heteroatoms. The molecule has 0 radical (unpaired) electrons. The van der Waals surface area contributed by atoms with Gasteiger partial charge in [0.1, 0.15) is 5.75 Å². The van der Waals surface area contributed by atoms with Gasteiger partial charge in [0.2, 0.25) is 0 Å². The first kappa shape index (κ1) is 13.9. The van der Waals surface area contributed by atoms with E-state index in [4.69, 9.17) is 0 Å². The average Bonchev–Trinajstić information content (AvgIpc) is 2.75. The summed E-state index contributed by atoms with van der Waals surface area (Å²) < 4.78 is 0. The second-order valence-corrected chi connectivity index (χ2v) is 5.19. The first-order chi connectivity index (χ1) is 9.06. The second kappa shape index (κ2) is 5.61. The summed E-state index contributed by atoms with van der Waals surface area (Å²) in [7, 11) is 0. The number of rotatable bonds is 4. The summed E-state index contributed by atoms with van der Waals surface area (Å²) in [6.07, 6.45) is 1.54. The normalized spacial score (nSPS) is 25.4. The van der Waals surface area contributed by atoms with Crippen LogP contribution in [0.25, 0.3) is 0 Å². The Labute approximate surface area is 113 Å². The molecule has 0 bridgehead atoms. The van der Waals surface area contributed by atoms with E-state index < -0.39 is 5.97 Å². The molecule has 4 nitrogen and oxygen atoms in total. The molecule has 0 saturated carbocycles. The molecule has 2 rings (SSSR count). The Morgan fingerprint density at radius 2 is 2.16 bits per heavy atom. The smallest absolute Gasteiger partial charge is 0.308 e. The Balaban J connectivity index is 2.24. The first-order valence-electron chi connectivity index (χ1n) is 6.82. The Morgan fingerprint density at radius 1 is 1.47 bits per heavy atom. The first-order valence-corrected chi connectivity index (χ1v) is 6.82. The molecule has 1 aromatic carbocycles. The highest BCUT2D eigenvalue weighted by Crippen LogP contribution is 2.37. The van der Waals surface area contributed by atoms with E-state index in [-0.39, 0.29) is 18.0 Å². The van der Waals surface area contributed by atoms with Gasteiger partial charge in [-0.3, -0.25) is 9.69 Å². The van der Waals surface area contributed by atoms with E-state index in [1.807, 2.05) is 19.1 Å². The van der Waals surface area contributed by atoms with Crippen LogP contribution in [0.5, 0.6) is 5.75 Å². The SMILES string of the molecule is CCC(c1ccccc1O)N1CCC(C(=O)O)C1C. The van der Waals surface area contributed by atoms with E-state index in [9.17, 15) is 15.0 Å². The predicted octanol–water partition coefficient (Wildman–Crippen LogP) is 2.64. The Morgan fingerprint density at radius 3 is 2.68 bits per heavy atom. The molecule has 1 aromatic rings. The summed E-state index contributed by atoms with van der Waals surface area (Å²) >= 11 is 0. The standard InChI is InChI=1S/C15H21NO3/c1-3-13(12-6-4-5-7-14(12)17)16-9-8-11(10(16)2)15(18)19/h4-7,10-11,13,17H,3,8-9H2,1-2H3,(H,18,19). The zero-order valence-electron chi connectivity index (χ0n) is 11.4. The van der Waals surface area contributed by atoms with Crippen molar-refractivity contribution in [1.82, 2.24) is 4.90 Å². The third-order valence-corrected chi connectivity index (χ3v) is 4.20. The molecule has 0 amide bonds. The summed E-state index contributed by atoms with van der Waals surface area (Å²) in [6.45, 7) is 4.80. The third-order valence-electron chi connectivity index (χ3n) is 4.20. The minimum atomic E-state index is -0.720. The van der Waals surface area contributed by atoms with Crippen molar-refractivity contribution in [3.05, 3.63) is 29.8 Å². The lowest BCUT2D eigenvalue weighted by molar-refractivity contribution is -0.142. The van der Waals surface area contributed by atoms with E-state index in [0.29, 0.717) is 12.2 Å². The fourth-order valence-electron chi connectivity index (χ4n) is 3.14. The lowest BCUT2D eigenvalue weighted by Gasteiger charge is -2.32. The van der Waals surface area contributed by atoms with E-state index in [2.05, 4.69) is 11.8 Å². The molecule has 1 saturated heterocycles. The summed E-state index contributed by atoms with van der Waals surface area (Å²) in [5.41, 5.74) is 0.892. The summed E-state index contributed by atoms with van der Waals surface area (Å²) in [6, 6.07) is 7.41. The lowest BCUT2D eigenvalue weighted by Crippen LogP contribution is -2.35. The van der Waals surface area contributed by atoms with Gasteiger partial charge >= 0.3 is 5.97 Å². The van der Waals surface area contributed by atoms with Gasteiger partial charge in [0.25, 0.3) is 0 Å². The number of hydrogen-bond donors (Lipinski definition) is 2. The number of carboxylic acids is 1. The van der Waals surface area contributed by atoms with Crippen molar-refractivity contribution < 1.29 is 15.0 Å². The number of para-hydroxylation sites is 1. The Bertz CT molecular complexity index is 460. The predicted molar refractivity (Wildman–Crippen MR) is 73.0 cm³/mol. The number of aromatic hydroxyl groups is 1. The molecule has 3 atom stereocenters. The molecule has 1 heterocycles. The largest absolute Gasteiger partial charge is 0.508 e. The molecule has 0 spiro atoms. The highest BCUT2D eigenvalue weighted by Gasteiger charge is 2.39. The molecule has 0 aromatic heterocycles. The number of phenols is 1. The highest BCUT2D eigenvalue weighted by atomic mass is 16.4. The number of benzene rings is 1. The molecule has 1 fully saturated rings. The summed E-state index contributed by atoms with van der Waals surface area (Å²) in [4.78, 5) is 13.4. The van der Waals surface area contributed by atoms with E-state index >= 15 is 0 Å². The highest BCUT2D eigenvalue weighted by molar-refractivity contribution is 5.71. The summed E-state index contributed by atoms with van der Waals surface area (Å²) in [5.74, 6) is -0.734. The fraction of sp³-hybridized carbons (Fsp3) is 0.533. The van der Waals surface area contributed by atoms with Crippen molar-refractivity contribution in [1.29, 1.82) is 0 Å². The van der Waals surface area contributed by atoms with Crippen LogP contribution in [-0.4, -0.2) is 33.7 Å². The third kappa shape index (κ3) is 2.59. The Kier molecular flexibility index (Phi) is 4.10. The van der Waals surface area contributed by atoms with Gasteiger partial charge in [-0.2, -0.15) is 0 Å². The minimum absolute atomic E-state index is 0.00190. The van der Waals surface area contributed by atoms with Gasteiger partial charge in [-0.25, -0.2) is 0 Å². The van der Waals surface area contributed by atoms with Crippen molar-refractivity contribution in [2.24, 2.45) is 5.92 Å². The topological polar surface area (TPSA) is 60.8 Å². The van der Waals surface area contributed by atoms with E-state index in [1.165, 1.54) is 0 Å². The maximum Gasteiger partial charge on any atom is 0.308 e. The van der Waals surface area contributed by atoms with Gasteiger partial charge in [0.05, 0.1) is 5.92 Å². The van der Waals surface area contributed by atoms with Crippen molar-refractivity contribution >= 4 is 5.97 Å². The minimum Gasteiger partial charge on any atom is -0.508 e. The van der Waals surface area contributed by atoms with Gasteiger partial charge in [0.15, 0.2) is 0 Å². The van der Waals surface area contributed by atoms with Crippen LogP contribution in [0.3, 0.4) is 0 Å². The number of carbonyl (C=O) groups is 1. The molecule has 104 valence electrons. The number of carboxylic acid groups (broad SMARTS) is 1. The van der Waals surface area contributed by atoms with Crippen molar-refractivity contribution in [2.75, 3.05) is 6.54 Å². The van der Waals surface area contributed by atoms with Crippen LogP contribution in [0.1, 0.15) is 38.3 Å². The monoisotopic (exact) mass is 263 g/mol. The number of nitrogens with zero attached hydrogens (tertiary/aromatic N) is 1. The van der Waals surface area contributed by atoms with Crippen LogP contribution in [-0.2, 0) is 4.79 Å². The maximum absolute atomic E-state index is 11.2. The molecular formula is C15H21NO3. The molecule has 1 aliphatic heterocycles.